The Bertz CT molecular complexity index is 906. The molecule has 2 aromatic rings. The lowest BCUT2D eigenvalue weighted by Crippen LogP contribution is -2.38. The van der Waals surface area contributed by atoms with Crippen molar-refractivity contribution in [3.63, 3.8) is 0 Å². The van der Waals surface area contributed by atoms with Crippen LogP contribution in [0.15, 0.2) is 27.6 Å². The smallest absolute Gasteiger partial charge is 0.340 e. The molecule has 0 saturated carbocycles. The molecule has 1 aromatic heterocycles. The van der Waals surface area contributed by atoms with Crippen LogP contribution in [0.25, 0.3) is 0 Å². The van der Waals surface area contributed by atoms with Crippen LogP contribution in [0.2, 0.25) is 5.02 Å². The highest BCUT2D eigenvalue weighted by Gasteiger charge is 2.36. The van der Waals surface area contributed by atoms with Crippen molar-refractivity contribution in [1.29, 1.82) is 0 Å². The van der Waals surface area contributed by atoms with Gasteiger partial charge in [0.25, 0.3) is 0 Å². The maximum absolute atomic E-state index is 12.9. The molecule has 26 heavy (non-hydrogen) atoms. The first-order valence-electron chi connectivity index (χ1n) is 7.76. The number of aromatic nitrogens is 2. The van der Waals surface area contributed by atoms with E-state index in [1.165, 1.54) is 0 Å². The summed E-state index contributed by atoms with van der Waals surface area (Å²) < 4.78 is 70.3. The molecule has 1 aliphatic rings. The third-order valence-electron chi connectivity index (χ3n) is 4.24. The number of nitrogens with zero attached hydrogens (tertiary/aromatic N) is 3. The Morgan fingerprint density at radius 3 is 2.46 bits per heavy atom. The predicted molar refractivity (Wildman–Crippen MR) is 86.2 cm³/mol. The van der Waals surface area contributed by atoms with Crippen molar-refractivity contribution < 1.29 is 26.1 Å². The molecule has 1 aliphatic heterocycles. The quantitative estimate of drug-likeness (QED) is 0.773. The van der Waals surface area contributed by atoms with E-state index in [9.17, 15) is 21.6 Å². The number of aryl methyl sites for hydroxylation is 1. The lowest BCUT2D eigenvalue weighted by atomic mass is 9.98. The summed E-state index contributed by atoms with van der Waals surface area (Å²) in [6.07, 6.45) is -3.78. The molecule has 2 heterocycles. The molecule has 0 unspecified atom stereocenters. The third kappa shape index (κ3) is 3.72. The molecule has 11 heteroatoms. The van der Waals surface area contributed by atoms with Gasteiger partial charge in [-0.15, -0.1) is 0 Å². The van der Waals surface area contributed by atoms with Crippen LogP contribution in [0.5, 0.6) is 0 Å². The van der Waals surface area contributed by atoms with Gasteiger partial charge in [-0.05, 0) is 31.0 Å². The number of benzene rings is 1. The molecule has 0 spiro atoms. The number of rotatable bonds is 3. The van der Waals surface area contributed by atoms with Crippen molar-refractivity contribution in [2.24, 2.45) is 0 Å². The van der Waals surface area contributed by atoms with Gasteiger partial charge in [0.15, 0.2) is 5.82 Å². The van der Waals surface area contributed by atoms with Crippen LogP contribution in [0, 0.1) is 6.92 Å². The normalized spacial score (nSPS) is 17.6. The number of hydrogen-bond donors (Lipinski definition) is 0. The second-order valence-corrected chi connectivity index (χ2v) is 8.31. The topological polar surface area (TPSA) is 76.3 Å². The molecule has 0 radical (unpaired) electrons. The van der Waals surface area contributed by atoms with Crippen molar-refractivity contribution in [1.82, 2.24) is 14.4 Å². The second kappa shape index (κ2) is 6.82. The third-order valence-corrected chi connectivity index (χ3v) is 6.62. The number of sulfonamides is 1. The summed E-state index contributed by atoms with van der Waals surface area (Å²) >= 11 is 5.87. The van der Waals surface area contributed by atoms with Gasteiger partial charge in [0.05, 0.1) is 10.6 Å². The van der Waals surface area contributed by atoms with Gasteiger partial charge in [0.2, 0.25) is 15.9 Å². The number of piperidine rings is 1. The van der Waals surface area contributed by atoms with E-state index in [2.05, 4.69) is 10.1 Å². The highest BCUT2D eigenvalue weighted by Crippen LogP contribution is 2.36. The molecular weight excluding hydrogens is 395 g/mol. The Balaban J connectivity index is 1.81. The van der Waals surface area contributed by atoms with E-state index < -0.39 is 26.7 Å². The average Bonchev–Trinajstić information content (AvgIpc) is 3.00. The Hall–Kier alpha value is -1.65. The van der Waals surface area contributed by atoms with Crippen LogP contribution in [0.4, 0.5) is 13.2 Å². The molecule has 142 valence electrons. The molecule has 3 rings (SSSR count). The molecule has 6 nitrogen and oxygen atoms in total. The molecular formula is C15H15ClF3N3O3S. The van der Waals surface area contributed by atoms with Gasteiger partial charge in [0.1, 0.15) is 4.90 Å². The van der Waals surface area contributed by atoms with E-state index in [0.29, 0.717) is 30.6 Å². The lowest BCUT2D eigenvalue weighted by Gasteiger charge is -2.30. The van der Waals surface area contributed by atoms with E-state index in [4.69, 9.17) is 16.1 Å². The largest absolute Gasteiger partial charge is 0.416 e. The first kappa shape index (κ1) is 19.1. The molecule has 0 N–H and O–H groups in total. The van der Waals surface area contributed by atoms with Crippen LogP contribution < -0.4 is 0 Å². The minimum atomic E-state index is -4.65. The summed E-state index contributed by atoms with van der Waals surface area (Å²) in [7, 11) is -4.14. The van der Waals surface area contributed by atoms with Crippen molar-refractivity contribution in [3.8, 4) is 0 Å². The number of hydrogen-bond acceptors (Lipinski definition) is 5. The average molecular weight is 410 g/mol. The van der Waals surface area contributed by atoms with Gasteiger partial charge in [-0.25, -0.2) is 8.42 Å². The van der Waals surface area contributed by atoms with Gasteiger partial charge < -0.3 is 4.52 Å². The summed E-state index contributed by atoms with van der Waals surface area (Å²) in [5, 5.41) is 3.60. The zero-order chi connectivity index (χ0) is 19.1. The van der Waals surface area contributed by atoms with E-state index >= 15 is 0 Å². The molecule has 1 fully saturated rings. The summed E-state index contributed by atoms with van der Waals surface area (Å²) in [5.41, 5.74) is -1.06. The van der Waals surface area contributed by atoms with Gasteiger partial charge in [0, 0.05) is 25.9 Å². The zero-order valence-electron chi connectivity index (χ0n) is 13.6. The van der Waals surface area contributed by atoms with Gasteiger partial charge in [-0.1, -0.05) is 16.8 Å². The molecule has 1 saturated heterocycles. The fourth-order valence-electron chi connectivity index (χ4n) is 2.85. The Morgan fingerprint density at radius 1 is 1.27 bits per heavy atom. The summed E-state index contributed by atoms with van der Waals surface area (Å²) in [4.78, 5) is 3.60. The SMILES string of the molecule is Cc1nc(C2CCN(S(=O)(=O)c3cc(C(F)(F)F)ccc3Cl)CC2)no1. The van der Waals surface area contributed by atoms with Crippen molar-refractivity contribution >= 4 is 21.6 Å². The lowest BCUT2D eigenvalue weighted by molar-refractivity contribution is -0.137. The fourth-order valence-corrected chi connectivity index (χ4v) is 4.82. The monoisotopic (exact) mass is 409 g/mol. The summed E-state index contributed by atoms with van der Waals surface area (Å²) in [6, 6.07) is 2.28. The summed E-state index contributed by atoms with van der Waals surface area (Å²) in [5.74, 6) is 0.873. The Labute approximate surface area is 153 Å². The van der Waals surface area contributed by atoms with Gasteiger partial charge >= 0.3 is 6.18 Å². The molecule has 1 aromatic carbocycles. The molecule has 0 atom stereocenters. The highest BCUT2D eigenvalue weighted by atomic mass is 35.5. The van der Waals surface area contributed by atoms with E-state index in [0.717, 1.165) is 16.4 Å². The first-order valence-corrected chi connectivity index (χ1v) is 9.58. The Morgan fingerprint density at radius 2 is 1.92 bits per heavy atom. The van der Waals surface area contributed by atoms with E-state index in [1.807, 2.05) is 0 Å². The highest BCUT2D eigenvalue weighted by molar-refractivity contribution is 7.89. The fraction of sp³-hybridized carbons (Fsp3) is 0.467. The van der Waals surface area contributed by atoms with Gasteiger partial charge in [-0.2, -0.15) is 22.5 Å². The van der Waals surface area contributed by atoms with E-state index in [1.54, 1.807) is 6.92 Å². The standard InChI is InChI=1S/C15H15ClF3N3O3S/c1-9-20-14(21-25-9)10-4-6-22(7-5-10)26(23,24)13-8-11(15(17,18)19)2-3-12(13)16/h2-3,8,10H,4-7H2,1H3. The number of alkyl halides is 3. The van der Waals surface area contributed by atoms with Crippen LogP contribution in [0.1, 0.15) is 36.0 Å². The molecule has 0 aliphatic carbocycles. The van der Waals surface area contributed by atoms with Crippen molar-refractivity contribution in [3.05, 3.63) is 40.5 Å². The van der Waals surface area contributed by atoms with Crippen LogP contribution in [-0.2, 0) is 16.2 Å². The molecule has 0 amide bonds. The van der Waals surface area contributed by atoms with Crippen LogP contribution >= 0.6 is 11.6 Å². The first-order chi connectivity index (χ1) is 12.1. The predicted octanol–water partition coefficient (Wildman–Crippen LogP) is 3.62. The van der Waals surface area contributed by atoms with Crippen LogP contribution in [-0.4, -0.2) is 36.0 Å². The van der Waals surface area contributed by atoms with Crippen molar-refractivity contribution in [2.75, 3.05) is 13.1 Å². The van der Waals surface area contributed by atoms with E-state index in [-0.39, 0.29) is 24.0 Å². The zero-order valence-corrected chi connectivity index (χ0v) is 15.2. The van der Waals surface area contributed by atoms with Crippen molar-refractivity contribution in [2.45, 2.75) is 36.8 Å². The minimum absolute atomic E-state index is 0.0594. The van der Waals surface area contributed by atoms with Gasteiger partial charge in [-0.3, -0.25) is 0 Å². The maximum Gasteiger partial charge on any atom is 0.416 e. The Kier molecular flexibility index (Phi) is 5.02. The number of halogens is 4. The molecule has 0 bridgehead atoms. The summed E-state index contributed by atoms with van der Waals surface area (Å²) in [6.45, 7) is 1.92. The second-order valence-electron chi connectivity index (χ2n) is 5.99. The maximum atomic E-state index is 12.9. The van der Waals surface area contributed by atoms with Crippen LogP contribution in [0.3, 0.4) is 0 Å². The minimum Gasteiger partial charge on any atom is -0.340 e.